The fourth-order valence-corrected chi connectivity index (χ4v) is 3.35. The molecule has 1 aliphatic rings. The summed E-state index contributed by atoms with van der Waals surface area (Å²) < 4.78 is 5.91. The number of carbonyl (C=O) groups is 2. The Morgan fingerprint density at radius 3 is 2.70 bits per heavy atom. The lowest BCUT2D eigenvalue weighted by Crippen LogP contribution is -2.51. The van der Waals surface area contributed by atoms with E-state index in [0.717, 1.165) is 0 Å². The molecule has 9 nitrogen and oxygen atoms in total. The summed E-state index contributed by atoms with van der Waals surface area (Å²) in [6.07, 6.45) is 5.62. The van der Waals surface area contributed by atoms with Gasteiger partial charge < -0.3 is 25.8 Å². The second-order valence-corrected chi connectivity index (χ2v) is 7.34. The number of ether oxygens (including phenoxy) is 1. The number of hydrogen-bond donors (Lipinski definition) is 4. The number of amides is 3. The maximum absolute atomic E-state index is 12.3. The second kappa shape index (κ2) is 10.9. The Hall–Kier alpha value is -2.75. The van der Waals surface area contributed by atoms with Crippen LogP contribution in [0.5, 0.6) is 0 Å². The topological polar surface area (TPSA) is 125 Å². The molecule has 3 atom stereocenters. The van der Waals surface area contributed by atoms with E-state index >= 15 is 0 Å². The molecule has 1 aliphatic heterocycles. The minimum absolute atomic E-state index is 0.123. The Bertz CT molecular complexity index is 837. The van der Waals surface area contributed by atoms with Crippen molar-refractivity contribution in [3.8, 4) is 0 Å². The van der Waals surface area contributed by atoms with Crippen LogP contribution in [0.15, 0.2) is 42.9 Å². The van der Waals surface area contributed by atoms with Crippen molar-refractivity contribution in [1.29, 1.82) is 0 Å². The lowest BCUT2D eigenvalue weighted by molar-refractivity contribution is -0.0892. The molecule has 3 rings (SSSR count). The highest BCUT2D eigenvalue weighted by Crippen LogP contribution is 2.22. The lowest BCUT2D eigenvalue weighted by atomic mass is 9.97. The highest BCUT2D eigenvalue weighted by molar-refractivity contribution is 6.30. The Balaban J connectivity index is 1.40. The average molecular weight is 434 g/mol. The molecule has 0 radical (unpaired) electrons. The minimum atomic E-state index is -0.521. The maximum atomic E-state index is 12.3. The fraction of sp³-hybridized carbons (Fsp3) is 0.400. The van der Waals surface area contributed by atoms with Crippen molar-refractivity contribution in [3.63, 3.8) is 0 Å². The minimum Gasteiger partial charge on any atom is -0.394 e. The summed E-state index contributed by atoms with van der Waals surface area (Å²) in [5.41, 5.74) is 0.861. The van der Waals surface area contributed by atoms with Crippen LogP contribution in [-0.4, -0.2) is 58.4 Å². The van der Waals surface area contributed by atoms with E-state index in [-0.39, 0.29) is 36.4 Å². The third-order valence-electron chi connectivity index (χ3n) is 4.76. The standard InChI is InChI=1S/C20H24ClN5O4/c21-13-1-3-14(4-2-13)25-20(29)24-8-7-15-5-6-16(18(12-27)30-15)26-19(28)17-11-22-9-10-23-17/h1-4,9-11,15-16,18,27H,5-8,12H2,(H,26,28)(H2,24,25,29)/t15-,16-,18-/m0/s1. The number of anilines is 1. The van der Waals surface area contributed by atoms with Gasteiger partial charge in [0.15, 0.2) is 0 Å². The summed E-state index contributed by atoms with van der Waals surface area (Å²) >= 11 is 5.82. The molecule has 1 saturated heterocycles. The van der Waals surface area contributed by atoms with Crippen LogP contribution >= 0.6 is 11.6 Å². The molecular formula is C20H24ClN5O4. The summed E-state index contributed by atoms with van der Waals surface area (Å²) in [5.74, 6) is -0.353. The van der Waals surface area contributed by atoms with Crippen molar-refractivity contribution in [2.75, 3.05) is 18.5 Å². The van der Waals surface area contributed by atoms with Gasteiger partial charge in [0.2, 0.25) is 0 Å². The van der Waals surface area contributed by atoms with Crippen LogP contribution in [0.1, 0.15) is 29.8 Å². The number of aliphatic hydroxyl groups is 1. The maximum Gasteiger partial charge on any atom is 0.319 e. The number of urea groups is 1. The van der Waals surface area contributed by atoms with Gasteiger partial charge in [0.1, 0.15) is 11.8 Å². The number of nitrogens with zero attached hydrogens (tertiary/aromatic N) is 2. The predicted molar refractivity (Wildman–Crippen MR) is 111 cm³/mol. The van der Waals surface area contributed by atoms with Gasteiger partial charge in [-0.25, -0.2) is 9.78 Å². The van der Waals surface area contributed by atoms with E-state index in [1.807, 2.05) is 0 Å². The molecule has 1 fully saturated rings. The zero-order valence-electron chi connectivity index (χ0n) is 16.3. The molecule has 160 valence electrons. The smallest absolute Gasteiger partial charge is 0.319 e. The quantitative estimate of drug-likeness (QED) is 0.529. The summed E-state index contributed by atoms with van der Waals surface area (Å²) in [6, 6.07) is 6.19. The zero-order valence-corrected chi connectivity index (χ0v) is 17.0. The Labute approximate surface area is 179 Å². The predicted octanol–water partition coefficient (Wildman–Crippen LogP) is 1.98. The number of aromatic nitrogens is 2. The first-order valence-corrected chi connectivity index (χ1v) is 10.1. The average Bonchev–Trinajstić information content (AvgIpc) is 2.77. The molecule has 1 aromatic carbocycles. The number of benzene rings is 1. The van der Waals surface area contributed by atoms with Gasteiger partial charge in [-0.15, -0.1) is 0 Å². The monoisotopic (exact) mass is 433 g/mol. The van der Waals surface area contributed by atoms with Gasteiger partial charge in [0, 0.05) is 29.6 Å². The SMILES string of the molecule is O=C(NCC[C@@H]1CC[C@H](NC(=O)c2cnccn2)[C@H](CO)O1)Nc1ccc(Cl)cc1. The van der Waals surface area contributed by atoms with Crippen molar-refractivity contribution in [1.82, 2.24) is 20.6 Å². The van der Waals surface area contributed by atoms with Gasteiger partial charge in [-0.3, -0.25) is 9.78 Å². The first-order valence-electron chi connectivity index (χ1n) is 9.68. The number of hydrogen-bond acceptors (Lipinski definition) is 6. The van der Waals surface area contributed by atoms with E-state index in [4.69, 9.17) is 16.3 Å². The van der Waals surface area contributed by atoms with Crippen LogP contribution in [0.4, 0.5) is 10.5 Å². The van der Waals surface area contributed by atoms with Gasteiger partial charge in [-0.1, -0.05) is 11.6 Å². The second-order valence-electron chi connectivity index (χ2n) is 6.90. The van der Waals surface area contributed by atoms with E-state index in [9.17, 15) is 14.7 Å². The van der Waals surface area contributed by atoms with E-state index in [1.54, 1.807) is 24.3 Å². The fourth-order valence-electron chi connectivity index (χ4n) is 3.22. The summed E-state index contributed by atoms with van der Waals surface area (Å²) in [6.45, 7) is 0.200. The molecule has 0 unspecified atom stereocenters. The molecule has 0 aliphatic carbocycles. The summed E-state index contributed by atoms with van der Waals surface area (Å²) in [4.78, 5) is 32.1. The van der Waals surface area contributed by atoms with Gasteiger partial charge in [0.25, 0.3) is 5.91 Å². The van der Waals surface area contributed by atoms with Crippen molar-refractivity contribution in [3.05, 3.63) is 53.6 Å². The van der Waals surface area contributed by atoms with Crippen molar-refractivity contribution >= 4 is 29.2 Å². The van der Waals surface area contributed by atoms with Gasteiger partial charge in [0.05, 0.1) is 24.9 Å². The lowest BCUT2D eigenvalue weighted by Gasteiger charge is -2.36. The Morgan fingerprint density at radius 2 is 2.00 bits per heavy atom. The number of rotatable bonds is 7. The highest BCUT2D eigenvalue weighted by atomic mass is 35.5. The molecule has 0 spiro atoms. The molecular weight excluding hydrogens is 410 g/mol. The van der Waals surface area contributed by atoms with Crippen LogP contribution < -0.4 is 16.0 Å². The number of nitrogens with one attached hydrogen (secondary N) is 3. The van der Waals surface area contributed by atoms with E-state index in [0.29, 0.717) is 36.5 Å². The van der Waals surface area contributed by atoms with Crippen LogP contribution in [0.2, 0.25) is 5.02 Å². The number of carbonyl (C=O) groups excluding carboxylic acids is 2. The molecule has 2 aromatic rings. The van der Waals surface area contributed by atoms with Crippen molar-refractivity contribution < 1.29 is 19.4 Å². The molecule has 4 N–H and O–H groups in total. The third-order valence-corrected chi connectivity index (χ3v) is 5.01. The van der Waals surface area contributed by atoms with Crippen LogP contribution in [-0.2, 0) is 4.74 Å². The molecule has 3 amide bonds. The van der Waals surface area contributed by atoms with E-state index in [1.165, 1.54) is 18.6 Å². The summed E-state index contributed by atoms with van der Waals surface area (Å²) in [5, 5.41) is 18.6. The molecule has 1 aromatic heterocycles. The number of aliphatic hydroxyl groups excluding tert-OH is 1. The van der Waals surface area contributed by atoms with Gasteiger partial charge >= 0.3 is 6.03 Å². The van der Waals surface area contributed by atoms with Crippen molar-refractivity contribution in [2.24, 2.45) is 0 Å². The van der Waals surface area contributed by atoms with Gasteiger partial charge in [-0.2, -0.15) is 0 Å². The zero-order chi connectivity index (χ0) is 21.3. The van der Waals surface area contributed by atoms with Crippen LogP contribution in [0.25, 0.3) is 0 Å². The largest absolute Gasteiger partial charge is 0.394 e. The van der Waals surface area contributed by atoms with Crippen molar-refractivity contribution in [2.45, 2.75) is 37.5 Å². The molecule has 0 bridgehead atoms. The van der Waals surface area contributed by atoms with Gasteiger partial charge in [-0.05, 0) is 43.5 Å². The first-order chi connectivity index (χ1) is 14.5. The molecule has 2 heterocycles. The van der Waals surface area contributed by atoms with Crippen LogP contribution in [0, 0.1) is 0 Å². The van der Waals surface area contributed by atoms with E-state index < -0.39 is 6.10 Å². The van der Waals surface area contributed by atoms with Crippen LogP contribution in [0.3, 0.4) is 0 Å². The molecule has 30 heavy (non-hydrogen) atoms. The highest BCUT2D eigenvalue weighted by Gasteiger charge is 2.32. The summed E-state index contributed by atoms with van der Waals surface area (Å²) in [7, 11) is 0. The Kier molecular flexibility index (Phi) is 7.95. The third kappa shape index (κ3) is 6.38. The number of halogens is 1. The van der Waals surface area contributed by atoms with E-state index in [2.05, 4.69) is 25.9 Å². The molecule has 10 heteroatoms. The molecule has 0 saturated carbocycles. The Morgan fingerprint density at radius 1 is 1.20 bits per heavy atom. The normalized spacial score (nSPS) is 20.9. The first kappa shape index (κ1) is 21.9.